The lowest BCUT2D eigenvalue weighted by Crippen LogP contribution is -2.31. The number of nitrogens with one attached hydrogen (secondary N) is 3. The number of halogens is 2. The SMILES string of the molecule is CCNCCNC(=O)c1c[nH]cc1-c1ccc(F)cc1.Cl. The third-order valence-corrected chi connectivity index (χ3v) is 2.98. The summed E-state index contributed by atoms with van der Waals surface area (Å²) < 4.78 is 12.9. The molecule has 114 valence electrons. The van der Waals surface area contributed by atoms with Gasteiger partial charge in [-0.05, 0) is 24.2 Å². The van der Waals surface area contributed by atoms with Crippen molar-refractivity contribution in [1.82, 2.24) is 15.6 Å². The van der Waals surface area contributed by atoms with Crippen LogP contribution in [0.15, 0.2) is 36.7 Å². The lowest BCUT2D eigenvalue weighted by atomic mass is 10.0. The van der Waals surface area contributed by atoms with Crippen molar-refractivity contribution in [3.8, 4) is 11.1 Å². The monoisotopic (exact) mass is 311 g/mol. The Bertz CT molecular complexity index is 569. The molecule has 6 heteroatoms. The molecule has 0 bridgehead atoms. The lowest BCUT2D eigenvalue weighted by Gasteiger charge is -2.07. The van der Waals surface area contributed by atoms with E-state index in [1.54, 1.807) is 24.5 Å². The molecule has 1 heterocycles. The summed E-state index contributed by atoms with van der Waals surface area (Å²) in [7, 11) is 0. The highest BCUT2D eigenvalue weighted by Gasteiger charge is 2.13. The number of H-pyrrole nitrogens is 1. The van der Waals surface area contributed by atoms with Crippen LogP contribution in [0.2, 0.25) is 0 Å². The second-order valence-electron chi connectivity index (χ2n) is 4.40. The number of benzene rings is 1. The van der Waals surface area contributed by atoms with Gasteiger partial charge in [-0.1, -0.05) is 19.1 Å². The van der Waals surface area contributed by atoms with E-state index in [2.05, 4.69) is 15.6 Å². The first-order valence-electron chi connectivity index (χ1n) is 6.64. The molecule has 1 aromatic carbocycles. The molecule has 21 heavy (non-hydrogen) atoms. The Morgan fingerprint density at radius 1 is 1.19 bits per heavy atom. The van der Waals surface area contributed by atoms with E-state index in [0.29, 0.717) is 12.1 Å². The molecule has 0 aliphatic carbocycles. The fraction of sp³-hybridized carbons (Fsp3) is 0.267. The summed E-state index contributed by atoms with van der Waals surface area (Å²) in [6, 6.07) is 6.09. The van der Waals surface area contributed by atoms with Crippen LogP contribution in [0.4, 0.5) is 4.39 Å². The number of hydrogen-bond donors (Lipinski definition) is 3. The van der Waals surface area contributed by atoms with Crippen molar-refractivity contribution in [2.75, 3.05) is 19.6 Å². The van der Waals surface area contributed by atoms with Crippen LogP contribution in [0, 0.1) is 5.82 Å². The first-order chi connectivity index (χ1) is 9.72. The van der Waals surface area contributed by atoms with Crippen molar-refractivity contribution >= 4 is 18.3 Å². The van der Waals surface area contributed by atoms with Crippen LogP contribution in [0.25, 0.3) is 11.1 Å². The van der Waals surface area contributed by atoms with Gasteiger partial charge in [-0.3, -0.25) is 4.79 Å². The predicted octanol–water partition coefficient (Wildman–Crippen LogP) is 2.58. The number of rotatable bonds is 6. The zero-order valence-corrected chi connectivity index (χ0v) is 12.6. The first-order valence-corrected chi connectivity index (χ1v) is 6.64. The van der Waals surface area contributed by atoms with Crippen molar-refractivity contribution in [3.05, 3.63) is 48.0 Å². The van der Waals surface area contributed by atoms with E-state index in [0.717, 1.165) is 24.2 Å². The minimum atomic E-state index is -0.291. The summed E-state index contributed by atoms with van der Waals surface area (Å²) in [5.74, 6) is -0.426. The molecule has 1 aromatic heterocycles. The summed E-state index contributed by atoms with van der Waals surface area (Å²) in [6.07, 6.45) is 3.40. The second-order valence-corrected chi connectivity index (χ2v) is 4.40. The maximum Gasteiger partial charge on any atom is 0.253 e. The predicted molar refractivity (Wildman–Crippen MR) is 84.3 cm³/mol. The summed E-state index contributed by atoms with van der Waals surface area (Å²) in [5.41, 5.74) is 2.14. The molecule has 0 saturated carbocycles. The number of carbonyl (C=O) groups is 1. The Morgan fingerprint density at radius 2 is 1.90 bits per heavy atom. The fourth-order valence-corrected chi connectivity index (χ4v) is 1.96. The van der Waals surface area contributed by atoms with Crippen molar-refractivity contribution in [2.24, 2.45) is 0 Å². The molecule has 2 rings (SSSR count). The van der Waals surface area contributed by atoms with Gasteiger partial charge in [0.25, 0.3) is 5.91 Å². The minimum Gasteiger partial charge on any atom is -0.366 e. The third kappa shape index (κ3) is 4.58. The van der Waals surface area contributed by atoms with Gasteiger partial charge in [0.2, 0.25) is 0 Å². The number of amides is 1. The molecule has 0 radical (unpaired) electrons. The summed E-state index contributed by atoms with van der Waals surface area (Å²) in [5, 5.41) is 5.98. The zero-order chi connectivity index (χ0) is 14.4. The van der Waals surface area contributed by atoms with Crippen LogP contribution in [-0.2, 0) is 0 Å². The van der Waals surface area contributed by atoms with Gasteiger partial charge in [-0.15, -0.1) is 12.4 Å². The van der Waals surface area contributed by atoms with E-state index in [1.165, 1.54) is 12.1 Å². The van der Waals surface area contributed by atoms with Gasteiger partial charge in [-0.2, -0.15) is 0 Å². The Labute approximate surface area is 129 Å². The molecule has 0 fully saturated rings. The molecular formula is C15H19ClFN3O. The molecule has 0 aliphatic heterocycles. The van der Waals surface area contributed by atoms with Crippen LogP contribution in [0.5, 0.6) is 0 Å². The Morgan fingerprint density at radius 3 is 2.57 bits per heavy atom. The van der Waals surface area contributed by atoms with Crippen molar-refractivity contribution in [1.29, 1.82) is 0 Å². The molecule has 0 aliphatic rings. The molecule has 0 saturated heterocycles. The first kappa shape index (κ1) is 17.2. The summed E-state index contributed by atoms with van der Waals surface area (Å²) in [4.78, 5) is 15.0. The smallest absolute Gasteiger partial charge is 0.253 e. The largest absolute Gasteiger partial charge is 0.366 e. The molecule has 0 spiro atoms. The molecular weight excluding hydrogens is 293 g/mol. The van der Waals surface area contributed by atoms with E-state index >= 15 is 0 Å². The van der Waals surface area contributed by atoms with Crippen LogP contribution in [0.1, 0.15) is 17.3 Å². The highest BCUT2D eigenvalue weighted by Crippen LogP contribution is 2.23. The average molecular weight is 312 g/mol. The molecule has 2 aromatic rings. The van der Waals surface area contributed by atoms with E-state index in [4.69, 9.17) is 0 Å². The second kappa shape index (κ2) is 8.44. The number of hydrogen-bond acceptors (Lipinski definition) is 2. The number of aromatic nitrogens is 1. The van der Waals surface area contributed by atoms with Gasteiger partial charge in [-0.25, -0.2) is 4.39 Å². The van der Waals surface area contributed by atoms with Crippen molar-refractivity contribution in [3.63, 3.8) is 0 Å². The zero-order valence-electron chi connectivity index (χ0n) is 11.8. The Balaban J connectivity index is 0.00000220. The summed E-state index contributed by atoms with van der Waals surface area (Å²) in [6.45, 7) is 4.20. The normalized spacial score (nSPS) is 10.0. The van der Waals surface area contributed by atoms with Crippen LogP contribution < -0.4 is 10.6 Å². The maximum absolute atomic E-state index is 12.9. The van der Waals surface area contributed by atoms with E-state index in [-0.39, 0.29) is 24.1 Å². The Kier molecular flexibility index (Phi) is 6.91. The standard InChI is InChI=1S/C15H18FN3O.ClH/c1-2-17-7-8-19-15(20)14-10-18-9-13(14)11-3-5-12(16)6-4-11;/h3-6,9-10,17-18H,2,7-8H2,1H3,(H,19,20);1H. The van der Waals surface area contributed by atoms with Gasteiger partial charge >= 0.3 is 0 Å². The van der Waals surface area contributed by atoms with Gasteiger partial charge in [0.1, 0.15) is 5.82 Å². The van der Waals surface area contributed by atoms with Gasteiger partial charge in [0, 0.05) is 31.0 Å². The van der Waals surface area contributed by atoms with Crippen molar-refractivity contribution in [2.45, 2.75) is 6.92 Å². The van der Waals surface area contributed by atoms with Gasteiger partial charge in [0.15, 0.2) is 0 Å². The summed E-state index contributed by atoms with van der Waals surface area (Å²) >= 11 is 0. The molecule has 3 N–H and O–H groups in total. The van der Waals surface area contributed by atoms with Gasteiger partial charge < -0.3 is 15.6 Å². The molecule has 0 atom stereocenters. The number of likely N-dealkylation sites (N-methyl/N-ethyl adjacent to an activating group) is 1. The maximum atomic E-state index is 12.9. The minimum absolute atomic E-state index is 0. The highest BCUT2D eigenvalue weighted by molar-refractivity contribution is 6.00. The lowest BCUT2D eigenvalue weighted by molar-refractivity contribution is 0.0955. The third-order valence-electron chi connectivity index (χ3n) is 2.98. The van der Waals surface area contributed by atoms with E-state index in [9.17, 15) is 9.18 Å². The highest BCUT2D eigenvalue weighted by atomic mass is 35.5. The molecule has 0 unspecified atom stereocenters. The van der Waals surface area contributed by atoms with E-state index in [1.807, 2.05) is 6.92 Å². The number of carbonyl (C=O) groups excluding carboxylic acids is 1. The van der Waals surface area contributed by atoms with Crippen LogP contribution in [0.3, 0.4) is 0 Å². The van der Waals surface area contributed by atoms with Crippen molar-refractivity contribution < 1.29 is 9.18 Å². The fourth-order valence-electron chi connectivity index (χ4n) is 1.96. The van der Waals surface area contributed by atoms with Crippen LogP contribution in [-0.4, -0.2) is 30.5 Å². The Hall–Kier alpha value is -1.85. The van der Waals surface area contributed by atoms with E-state index < -0.39 is 0 Å². The average Bonchev–Trinajstić information content (AvgIpc) is 2.93. The topological polar surface area (TPSA) is 56.9 Å². The molecule has 1 amide bonds. The van der Waals surface area contributed by atoms with Crippen LogP contribution >= 0.6 is 12.4 Å². The van der Waals surface area contributed by atoms with Gasteiger partial charge in [0.05, 0.1) is 5.56 Å². The number of aromatic amines is 1. The quantitative estimate of drug-likeness (QED) is 0.718. The molecule has 4 nitrogen and oxygen atoms in total.